The normalized spacial score (nSPS) is 25.9. The third-order valence-corrected chi connectivity index (χ3v) is 4.06. The molecule has 116 valence electrons. The second kappa shape index (κ2) is 5.38. The van der Waals surface area contributed by atoms with Crippen molar-refractivity contribution in [3.63, 3.8) is 0 Å². The summed E-state index contributed by atoms with van der Waals surface area (Å²) in [5.74, 6) is -1.84. The molecule has 0 spiro atoms. The van der Waals surface area contributed by atoms with Crippen LogP contribution in [0.1, 0.15) is 40.0 Å². The Hall–Kier alpha value is -2.48. The largest absolute Gasteiger partial charge is 0.478 e. The van der Waals surface area contributed by atoms with Crippen molar-refractivity contribution >= 4 is 17.6 Å². The van der Waals surface area contributed by atoms with Crippen molar-refractivity contribution in [2.75, 3.05) is 0 Å². The highest BCUT2D eigenvalue weighted by Gasteiger charge is 2.41. The van der Waals surface area contributed by atoms with Gasteiger partial charge in [-0.2, -0.15) is 0 Å². The number of hydrogen-bond donors (Lipinski definition) is 2. The SMILES string of the molecule is O=C(O)c1cc(C(=O)N[C@@H]2C[C@H]3CC[C@@H]2O3)cc([N+](=O)[O-])c1. The highest BCUT2D eigenvalue weighted by atomic mass is 16.6. The lowest BCUT2D eigenvalue weighted by Gasteiger charge is -2.20. The number of aromatic carboxylic acids is 1. The molecule has 0 aromatic heterocycles. The molecule has 2 saturated heterocycles. The summed E-state index contributed by atoms with van der Waals surface area (Å²) < 4.78 is 5.63. The van der Waals surface area contributed by atoms with Crippen molar-refractivity contribution in [1.29, 1.82) is 0 Å². The molecule has 0 radical (unpaired) electrons. The van der Waals surface area contributed by atoms with Crippen LogP contribution in [0.4, 0.5) is 5.69 Å². The van der Waals surface area contributed by atoms with E-state index >= 15 is 0 Å². The van der Waals surface area contributed by atoms with E-state index in [4.69, 9.17) is 9.84 Å². The second-order valence-corrected chi connectivity index (χ2v) is 5.52. The van der Waals surface area contributed by atoms with Crippen LogP contribution in [0.2, 0.25) is 0 Å². The number of carboxylic acid groups (broad SMARTS) is 1. The third-order valence-electron chi connectivity index (χ3n) is 4.06. The molecule has 8 heteroatoms. The first kappa shape index (κ1) is 14.5. The van der Waals surface area contributed by atoms with E-state index in [9.17, 15) is 19.7 Å². The summed E-state index contributed by atoms with van der Waals surface area (Å²) in [6, 6.07) is 3.02. The number of nitro groups is 1. The maximum Gasteiger partial charge on any atom is 0.335 e. The van der Waals surface area contributed by atoms with Crippen LogP contribution in [0.3, 0.4) is 0 Å². The van der Waals surface area contributed by atoms with Crippen molar-refractivity contribution in [2.24, 2.45) is 0 Å². The first-order valence-electron chi connectivity index (χ1n) is 6.93. The molecule has 0 saturated carbocycles. The molecule has 8 nitrogen and oxygen atoms in total. The molecule has 1 amide bonds. The van der Waals surface area contributed by atoms with E-state index < -0.39 is 22.5 Å². The Labute approximate surface area is 125 Å². The van der Waals surface area contributed by atoms with Gasteiger partial charge in [0.2, 0.25) is 0 Å². The van der Waals surface area contributed by atoms with Crippen LogP contribution in [-0.4, -0.2) is 40.2 Å². The van der Waals surface area contributed by atoms with Crippen LogP contribution in [0, 0.1) is 10.1 Å². The number of ether oxygens (including phenoxy) is 1. The highest BCUT2D eigenvalue weighted by Crippen LogP contribution is 2.34. The van der Waals surface area contributed by atoms with Crippen LogP contribution in [-0.2, 0) is 4.74 Å². The molecule has 2 bridgehead atoms. The predicted molar refractivity (Wildman–Crippen MR) is 73.8 cm³/mol. The molecule has 2 heterocycles. The zero-order chi connectivity index (χ0) is 15.9. The summed E-state index contributed by atoms with van der Waals surface area (Å²) in [7, 11) is 0. The van der Waals surface area contributed by atoms with E-state index in [1.54, 1.807) is 0 Å². The van der Waals surface area contributed by atoms with E-state index in [2.05, 4.69) is 5.32 Å². The van der Waals surface area contributed by atoms with Crippen LogP contribution >= 0.6 is 0 Å². The number of hydrogen-bond acceptors (Lipinski definition) is 5. The number of non-ortho nitro benzene ring substituents is 1. The lowest BCUT2D eigenvalue weighted by molar-refractivity contribution is -0.384. The molecule has 1 aromatic rings. The number of nitro benzene ring substituents is 1. The van der Waals surface area contributed by atoms with Crippen LogP contribution < -0.4 is 5.32 Å². The molecule has 2 N–H and O–H groups in total. The van der Waals surface area contributed by atoms with Gasteiger partial charge in [-0.15, -0.1) is 0 Å². The van der Waals surface area contributed by atoms with Gasteiger partial charge in [-0.3, -0.25) is 14.9 Å². The minimum absolute atomic E-state index is 0.0217. The average Bonchev–Trinajstić information content (AvgIpc) is 3.09. The lowest BCUT2D eigenvalue weighted by atomic mass is 9.95. The molecular weight excluding hydrogens is 292 g/mol. The Balaban J connectivity index is 1.82. The molecule has 1 aromatic carbocycles. The molecule has 3 rings (SSSR count). The van der Waals surface area contributed by atoms with Crippen LogP contribution in [0.25, 0.3) is 0 Å². The van der Waals surface area contributed by atoms with Gasteiger partial charge in [-0.1, -0.05) is 0 Å². The Morgan fingerprint density at radius 2 is 2.00 bits per heavy atom. The van der Waals surface area contributed by atoms with Gasteiger partial charge >= 0.3 is 5.97 Å². The summed E-state index contributed by atoms with van der Waals surface area (Å²) in [5, 5.41) is 22.6. The van der Waals surface area contributed by atoms with Gasteiger partial charge in [0.25, 0.3) is 11.6 Å². The fourth-order valence-corrected chi connectivity index (χ4v) is 3.01. The number of carboxylic acids is 1. The molecule has 3 atom stereocenters. The summed E-state index contributed by atoms with van der Waals surface area (Å²) in [6.45, 7) is 0. The van der Waals surface area contributed by atoms with E-state index in [-0.39, 0.29) is 29.4 Å². The number of rotatable bonds is 4. The lowest BCUT2D eigenvalue weighted by Crippen LogP contribution is -2.41. The molecule has 2 fully saturated rings. The quantitative estimate of drug-likeness (QED) is 0.640. The molecular formula is C14H14N2O6. The Morgan fingerprint density at radius 3 is 2.55 bits per heavy atom. The molecule has 0 aliphatic carbocycles. The topological polar surface area (TPSA) is 119 Å². The van der Waals surface area contributed by atoms with Crippen molar-refractivity contribution in [1.82, 2.24) is 5.32 Å². The minimum Gasteiger partial charge on any atom is -0.478 e. The second-order valence-electron chi connectivity index (χ2n) is 5.52. The van der Waals surface area contributed by atoms with Gasteiger partial charge < -0.3 is 15.2 Å². The number of fused-ring (bicyclic) bond motifs is 2. The number of nitrogens with one attached hydrogen (secondary N) is 1. The molecule has 22 heavy (non-hydrogen) atoms. The number of carbonyl (C=O) groups is 2. The van der Waals surface area contributed by atoms with Crippen molar-refractivity contribution in [3.05, 3.63) is 39.4 Å². The summed E-state index contributed by atoms with van der Waals surface area (Å²) >= 11 is 0. The summed E-state index contributed by atoms with van der Waals surface area (Å²) in [5.41, 5.74) is -0.743. The van der Waals surface area contributed by atoms with E-state index in [0.29, 0.717) is 0 Å². The standard InChI is InChI=1S/C14H14N2O6/c17-13(15-11-6-10-1-2-12(11)22-10)7-3-8(14(18)19)5-9(4-7)16(20)21/h3-5,10-12H,1-2,6H2,(H,15,17)(H,18,19)/t10-,11-,12+/m1/s1. The third kappa shape index (κ3) is 2.64. The van der Waals surface area contributed by atoms with Crippen LogP contribution in [0.15, 0.2) is 18.2 Å². The number of amides is 1. The van der Waals surface area contributed by atoms with Gasteiger partial charge in [-0.05, 0) is 25.3 Å². The molecule has 0 unspecified atom stereocenters. The van der Waals surface area contributed by atoms with Gasteiger partial charge in [0, 0.05) is 17.7 Å². The monoisotopic (exact) mass is 306 g/mol. The molecule has 2 aliphatic heterocycles. The average molecular weight is 306 g/mol. The number of nitrogens with zero attached hydrogens (tertiary/aromatic N) is 1. The fourth-order valence-electron chi connectivity index (χ4n) is 3.01. The first-order valence-corrected chi connectivity index (χ1v) is 6.93. The maximum atomic E-state index is 12.2. The highest BCUT2D eigenvalue weighted by molar-refractivity contribution is 5.98. The molecule has 2 aliphatic rings. The van der Waals surface area contributed by atoms with Crippen LogP contribution in [0.5, 0.6) is 0 Å². The van der Waals surface area contributed by atoms with E-state index in [1.807, 2.05) is 0 Å². The zero-order valence-electron chi connectivity index (χ0n) is 11.5. The smallest absolute Gasteiger partial charge is 0.335 e. The number of carbonyl (C=O) groups excluding carboxylic acids is 1. The number of benzene rings is 1. The maximum absolute atomic E-state index is 12.2. The zero-order valence-corrected chi connectivity index (χ0v) is 11.5. The van der Waals surface area contributed by atoms with Crippen molar-refractivity contribution in [3.8, 4) is 0 Å². The van der Waals surface area contributed by atoms with E-state index in [0.717, 1.165) is 37.5 Å². The van der Waals surface area contributed by atoms with Gasteiger partial charge in [0.15, 0.2) is 0 Å². The predicted octanol–water partition coefficient (Wildman–Crippen LogP) is 1.34. The van der Waals surface area contributed by atoms with Crippen molar-refractivity contribution < 1.29 is 24.4 Å². The van der Waals surface area contributed by atoms with Gasteiger partial charge in [-0.25, -0.2) is 4.79 Å². The minimum atomic E-state index is -1.32. The fraction of sp³-hybridized carbons (Fsp3) is 0.429. The van der Waals surface area contributed by atoms with Gasteiger partial charge in [0.1, 0.15) is 0 Å². The van der Waals surface area contributed by atoms with E-state index in [1.165, 1.54) is 0 Å². The summed E-state index contributed by atoms with van der Waals surface area (Å²) in [4.78, 5) is 33.4. The Kier molecular flexibility index (Phi) is 3.53. The Morgan fingerprint density at radius 1 is 1.27 bits per heavy atom. The first-order chi connectivity index (χ1) is 10.4. The summed E-state index contributed by atoms with van der Waals surface area (Å²) in [6.07, 6.45) is 2.72. The van der Waals surface area contributed by atoms with Gasteiger partial charge in [0.05, 0.1) is 28.7 Å². The Bertz CT molecular complexity index is 626. The van der Waals surface area contributed by atoms with Crippen molar-refractivity contribution in [2.45, 2.75) is 37.5 Å².